The van der Waals surface area contributed by atoms with Crippen LogP contribution in [0.4, 0.5) is 0 Å². The molecule has 0 aliphatic carbocycles. The predicted octanol–water partition coefficient (Wildman–Crippen LogP) is 3.73. The summed E-state index contributed by atoms with van der Waals surface area (Å²) >= 11 is 4.90. The van der Waals surface area contributed by atoms with Crippen LogP contribution in [0.15, 0.2) is 14.9 Å². The third kappa shape index (κ3) is 4.57. The van der Waals surface area contributed by atoms with Crippen LogP contribution in [-0.4, -0.2) is 35.4 Å². The zero-order valence-electron chi connectivity index (χ0n) is 13.3. The fourth-order valence-corrected chi connectivity index (χ4v) is 3.86. The van der Waals surface area contributed by atoms with Crippen LogP contribution < -0.4 is 0 Å². The Kier molecular flexibility index (Phi) is 6.50. The number of carbonyl (C=O) groups is 1. The molecule has 4 nitrogen and oxygen atoms in total. The molecule has 120 valence electrons. The van der Waals surface area contributed by atoms with Crippen molar-refractivity contribution >= 4 is 38.7 Å². The van der Waals surface area contributed by atoms with Crippen molar-refractivity contribution in [1.29, 1.82) is 0 Å². The van der Waals surface area contributed by atoms with E-state index in [2.05, 4.69) is 20.9 Å². The van der Waals surface area contributed by atoms with E-state index < -0.39 is 11.0 Å². The maximum absolute atomic E-state index is 11.8. The van der Waals surface area contributed by atoms with Gasteiger partial charge in [0.25, 0.3) is 0 Å². The number of hydrogen-bond donors (Lipinski definition) is 1. The molecule has 1 rings (SSSR count). The molecule has 0 aromatic carbocycles. The normalized spacial score (nSPS) is 20.1. The van der Waals surface area contributed by atoms with Gasteiger partial charge in [0, 0.05) is 0 Å². The highest BCUT2D eigenvalue weighted by Crippen LogP contribution is 2.42. The average molecular weight is 378 g/mol. The standard InChI is InChI=1S/C15H24BrNO3S/c1-6-15(19,13-17-8-7-11(16)21-13)9-14(3,4)10(2)12(18)20-5/h7,10,19H,6,8-9H2,1-5H3. The van der Waals surface area contributed by atoms with E-state index in [-0.39, 0.29) is 11.9 Å². The number of methoxy groups -OCH3 is 1. The quantitative estimate of drug-likeness (QED) is 0.716. The molecule has 0 spiro atoms. The summed E-state index contributed by atoms with van der Waals surface area (Å²) in [4.78, 5) is 16.2. The smallest absolute Gasteiger partial charge is 0.308 e. The second-order valence-corrected chi connectivity index (χ2v) is 8.46. The number of thioether (sulfide) groups is 1. The summed E-state index contributed by atoms with van der Waals surface area (Å²) in [5, 5.41) is 11.8. The maximum atomic E-state index is 11.8. The second kappa shape index (κ2) is 7.29. The predicted molar refractivity (Wildman–Crippen MR) is 91.7 cm³/mol. The molecule has 1 heterocycles. The van der Waals surface area contributed by atoms with E-state index in [1.807, 2.05) is 33.8 Å². The number of nitrogens with zero attached hydrogens (tertiary/aromatic N) is 1. The van der Waals surface area contributed by atoms with E-state index in [0.29, 0.717) is 24.4 Å². The van der Waals surface area contributed by atoms with Crippen molar-refractivity contribution in [3.63, 3.8) is 0 Å². The Morgan fingerprint density at radius 3 is 2.71 bits per heavy atom. The molecular weight excluding hydrogens is 354 g/mol. The highest BCUT2D eigenvalue weighted by atomic mass is 79.9. The molecule has 0 bridgehead atoms. The molecule has 0 radical (unpaired) electrons. The lowest BCUT2D eigenvalue weighted by Crippen LogP contribution is -2.44. The number of ether oxygens (including phenoxy) is 1. The number of halogens is 1. The number of rotatable bonds is 6. The summed E-state index contributed by atoms with van der Waals surface area (Å²) in [7, 11) is 1.39. The lowest BCUT2D eigenvalue weighted by atomic mass is 9.71. The Hall–Kier alpha value is -0.330. The first-order valence-electron chi connectivity index (χ1n) is 7.05. The second-order valence-electron chi connectivity index (χ2n) is 6.05. The largest absolute Gasteiger partial charge is 0.469 e. The zero-order chi connectivity index (χ0) is 16.3. The molecule has 2 unspecified atom stereocenters. The first kappa shape index (κ1) is 18.7. The number of aliphatic hydroxyl groups is 1. The van der Waals surface area contributed by atoms with Crippen LogP contribution >= 0.6 is 27.7 Å². The van der Waals surface area contributed by atoms with Gasteiger partial charge in [0.05, 0.1) is 23.4 Å². The van der Waals surface area contributed by atoms with Crippen LogP contribution in [0.25, 0.3) is 0 Å². The van der Waals surface area contributed by atoms with Crippen LogP contribution in [0.5, 0.6) is 0 Å². The average Bonchev–Trinajstić information content (AvgIpc) is 2.45. The van der Waals surface area contributed by atoms with Gasteiger partial charge in [0.2, 0.25) is 0 Å². The number of carbonyl (C=O) groups excluding carboxylic acids is 1. The van der Waals surface area contributed by atoms with Gasteiger partial charge in [-0.15, -0.1) is 0 Å². The molecule has 0 aromatic heterocycles. The summed E-state index contributed by atoms with van der Waals surface area (Å²) in [5.74, 6) is -0.550. The first-order chi connectivity index (χ1) is 9.66. The van der Waals surface area contributed by atoms with E-state index in [1.165, 1.54) is 18.9 Å². The molecule has 6 heteroatoms. The SMILES string of the molecule is CCC(O)(CC(C)(C)C(C)C(=O)OC)C1=NCC=C(Br)S1. The van der Waals surface area contributed by atoms with Gasteiger partial charge >= 0.3 is 5.97 Å². The molecule has 1 aliphatic rings. The molecule has 1 aliphatic heterocycles. The molecule has 2 atom stereocenters. The lowest BCUT2D eigenvalue weighted by Gasteiger charge is -2.39. The summed E-state index contributed by atoms with van der Waals surface area (Å²) in [6, 6.07) is 0. The molecule has 0 amide bonds. The fourth-order valence-electron chi connectivity index (χ4n) is 2.36. The van der Waals surface area contributed by atoms with Gasteiger partial charge in [-0.05, 0) is 40.3 Å². The Morgan fingerprint density at radius 2 is 2.24 bits per heavy atom. The molecule has 0 saturated heterocycles. The molecule has 0 aromatic rings. The van der Waals surface area contributed by atoms with Gasteiger partial charge in [0.15, 0.2) is 0 Å². The van der Waals surface area contributed by atoms with E-state index in [4.69, 9.17) is 4.74 Å². The third-order valence-electron chi connectivity index (χ3n) is 4.14. The van der Waals surface area contributed by atoms with Crippen molar-refractivity contribution in [3.05, 3.63) is 9.89 Å². The van der Waals surface area contributed by atoms with Gasteiger partial charge in [-0.3, -0.25) is 9.79 Å². The van der Waals surface area contributed by atoms with E-state index >= 15 is 0 Å². The van der Waals surface area contributed by atoms with Gasteiger partial charge in [0.1, 0.15) is 10.6 Å². The highest BCUT2D eigenvalue weighted by Gasteiger charge is 2.43. The summed E-state index contributed by atoms with van der Waals surface area (Å²) in [5.41, 5.74) is -1.42. The highest BCUT2D eigenvalue weighted by molar-refractivity contribution is 9.14. The van der Waals surface area contributed by atoms with E-state index in [0.717, 1.165) is 3.81 Å². The summed E-state index contributed by atoms with van der Waals surface area (Å²) in [6.45, 7) is 8.31. The van der Waals surface area contributed by atoms with E-state index in [9.17, 15) is 9.90 Å². The van der Waals surface area contributed by atoms with Crippen LogP contribution in [0.2, 0.25) is 0 Å². The molecule has 1 N–H and O–H groups in total. The Bertz CT molecular complexity index is 462. The minimum absolute atomic E-state index is 0.252. The Labute approximate surface area is 139 Å². The first-order valence-corrected chi connectivity index (χ1v) is 8.66. The van der Waals surface area contributed by atoms with Crippen LogP contribution in [0.1, 0.15) is 40.5 Å². The number of hydrogen-bond acceptors (Lipinski definition) is 5. The van der Waals surface area contributed by atoms with Gasteiger partial charge in [-0.1, -0.05) is 39.5 Å². The van der Waals surface area contributed by atoms with Crippen molar-refractivity contribution < 1.29 is 14.6 Å². The van der Waals surface area contributed by atoms with Crippen molar-refractivity contribution in [2.75, 3.05) is 13.7 Å². The zero-order valence-corrected chi connectivity index (χ0v) is 15.7. The topological polar surface area (TPSA) is 58.9 Å². The Balaban J connectivity index is 2.94. The van der Waals surface area contributed by atoms with Gasteiger partial charge in [-0.25, -0.2) is 0 Å². The maximum Gasteiger partial charge on any atom is 0.308 e. The third-order valence-corrected chi connectivity index (χ3v) is 6.01. The number of aliphatic imine (C=N–C) groups is 1. The van der Waals surface area contributed by atoms with Crippen LogP contribution in [-0.2, 0) is 9.53 Å². The fraction of sp³-hybridized carbons (Fsp3) is 0.733. The van der Waals surface area contributed by atoms with Crippen molar-refractivity contribution in [2.24, 2.45) is 16.3 Å². The van der Waals surface area contributed by atoms with Gasteiger partial charge < -0.3 is 9.84 Å². The Morgan fingerprint density at radius 1 is 1.62 bits per heavy atom. The molecule has 0 fully saturated rings. The molecule has 21 heavy (non-hydrogen) atoms. The summed E-state index contributed by atoms with van der Waals surface area (Å²) in [6.07, 6.45) is 2.97. The minimum atomic E-state index is -1.02. The van der Waals surface area contributed by atoms with Crippen molar-refractivity contribution in [3.8, 4) is 0 Å². The summed E-state index contributed by atoms with van der Waals surface area (Å²) < 4.78 is 5.81. The number of esters is 1. The van der Waals surface area contributed by atoms with E-state index in [1.54, 1.807) is 0 Å². The minimum Gasteiger partial charge on any atom is -0.469 e. The molecule has 0 saturated carbocycles. The lowest BCUT2D eigenvalue weighted by molar-refractivity contribution is -0.149. The van der Waals surface area contributed by atoms with Crippen LogP contribution in [0.3, 0.4) is 0 Å². The van der Waals surface area contributed by atoms with Crippen molar-refractivity contribution in [2.45, 2.75) is 46.1 Å². The molecular formula is C15H24BrNO3S. The van der Waals surface area contributed by atoms with Gasteiger partial charge in [-0.2, -0.15) is 0 Å². The van der Waals surface area contributed by atoms with Crippen molar-refractivity contribution in [1.82, 2.24) is 0 Å². The monoisotopic (exact) mass is 377 g/mol. The van der Waals surface area contributed by atoms with Crippen LogP contribution in [0, 0.1) is 11.3 Å².